The van der Waals surface area contributed by atoms with Gasteiger partial charge in [0, 0.05) is 12.2 Å². The number of rotatable bonds is 3. The number of aryl methyl sites for hydroxylation is 2. The van der Waals surface area contributed by atoms with E-state index in [1.165, 1.54) is 24.0 Å². The molecule has 1 fully saturated rings. The molecule has 0 aromatic carbocycles. The Bertz CT molecular complexity index is 493. The monoisotopic (exact) mass is 274 g/mol. The van der Waals surface area contributed by atoms with E-state index in [0.717, 1.165) is 44.3 Å². The van der Waals surface area contributed by atoms with E-state index in [0.29, 0.717) is 6.04 Å². The molecular weight excluding hydrogens is 252 g/mol. The maximum absolute atomic E-state index is 10.9. The molecule has 0 unspecified atom stereocenters. The van der Waals surface area contributed by atoms with E-state index in [-0.39, 0.29) is 5.92 Å². The van der Waals surface area contributed by atoms with Crippen LogP contribution >= 0.6 is 0 Å². The molecule has 108 valence electrons. The lowest BCUT2D eigenvalue weighted by Gasteiger charge is -2.27. The second kappa shape index (κ2) is 5.81. The maximum Gasteiger partial charge on any atom is 0.306 e. The molecule has 0 radical (unpaired) electrons. The zero-order valence-corrected chi connectivity index (χ0v) is 11.8. The number of aliphatic carboxylic acids is 1. The van der Waals surface area contributed by atoms with Crippen LogP contribution in [0, 0.1) is 5.92 Å². The van der Waals surface area contributed by atoms with Gasteiger partial charge in [0.05, 0.1) is 5.92 Å². The number of carbonyl (C=O) groups is 1. The number of pyridine rings is 1. The Balaban J connectivity index is 1.60. The quantitative estimate of drug-likeness (QED) is 0.889. The number of hydrogen-bond donors (Lipinski definition) is 2. The van der Waals surface area contributed by atoms with Crippen molar-refractivity contribution in [3.8, 4) is 0 Å². The van der Waals surface area contributed by atoms with Crippen molar-refractivity contribution in [1.29, 1.82) is 0 Å². The van der Waals surface area contributed by atoms with E-state index >= 15 is 0 Å². The van der Waals surface area contributed by atoms with Gasteiger partial charge >= 0.3 is 5.97 Å². The van der Waals surface area contributed by atoms with Crippen molar-refractivity contribution in [1.82, 2.24) is 4.98 Å². The van der Waals surface area contributed by atoms with Gasteiger partial charge in [-0.1, -0.05) is 0 Å². The van der Waals surface area contributed by atoms with Crippen LogP contribution in [0.4, 0.5) is 5.82 Å². The number of carboxylic acids is 1. The summed E-state index contributed by atoms with van der Waals surface area (Å²) < 4.78 is 0. The van der Waals surface area contributed by atoms with E-state index in [1.807, 2.05) is 6.20 Å². The highest BCUT2D eigenvalue weighted by Gasteiger charge is 2.26. The molecule has 0 saturated heterocycles. The standard InChI is InChI=1S/C16H22N2O2/c19-16(20)11-5-7-14(8-6-11)18-15-9-12-3-1-2-4-13(12)10-17-15/h9-11,14H,1-8H2,(H,17,18)(H,19,20). The third-order valence-corrected chi connectivity index (χ3v) is 4.65. The van der Waals surface area contributed by atoms with Crippen LogP contribution in [0.25, 0.3) is 0 Å². The molecule has 1 aromatic rings. The third-order valence-electron chi connectivity index (χ3n) is 4.65. The second-order valence-corrected chi connectivity index (χ2v) is 6.08. The minimum Gasteiger partial charge on any atom is -0.481 e. The zero-order valence-electron chi connectivity index (χ0n) is 11.8. The number of nitrogens with zero attached hydrogens (tertiary/aromatic N) is 1. The first-order valence-electron chi connectivity index (χ1n) is 7.69. The molecule has 4 nitrogen and oxygen atoms in total. The summed E-state index contributed by atoms with van der Waals surface area (Å²) in [5.74, 6) is 0.171. The summed E-state index contributed by atoms with van der Waals surface area (Å²) in [6.07, 6.45) is 10.3. The average Bonchev–Trinajstić information content (AvgIpc) is 2.48. The van der Waals surface area contributed by atoms with Gasteiger partial charge in [0.15, 0.2) is 0 Å². The molecule has 2 aliphatic rings. The van der Waals surface area contributed by atoms with Crippen LogP contribution in [0.2, 0.25) is 0 Å². The molecule has 4 heteroatoms. The van der Waals surface area contributed by atoms with Crippen LogP contribution in [0.15, 0.2) is 12.3 Å². The van der Waals surface area contributed by atoms with Crippen LogP contribution in [0.1, 0.15) is 49.7 Å². The second-order valence-electron chi connectivity index (χ2n) is 6.08. The minimum absolute atomic E-state index is 0.149. The van der Waals surface area contributed by atoms with Crippen molar-refractivity contribution in [3.63, 3.8) is 0 Å². The fourth-order valence-corrected chi connectivity index (χ4v) is 3.39. The SMILES string of the molecule is O=C(O)C1CCC(Nc2cc3c(cn2)CCCC3)CC1. The van der Waals surface area contributed by atoms with Crippen molar-refractivity contribution < 1.29 is 9.90 Å². The molecule has 3 rings (SSSR count). The van der Waals surface area contributed by atoms with Crippen LogP contribution in [-0.2, 0) is 17.6 Å². The zero-order chi connectivity index (χ0) is 13.9. The van der Waals surface area contributed by atoms with E-state index < -0.39 is 5.97 Å². The van der Waals surface area contributed by atoms with Gasteiger partial charge < -0.3 is 10.4 Å². The molecule has 1 heterocycles. The van der Waals surface area contributed by atoms with E-state index in [1.54, 1.807) is 0 Å². The highest BCUT2D eigenvalue weighted by Crippen LogP contribution is 2.28. The lowest BCUT2D eigenvalue weighted by atomic mass is 9.86. The summed E-state index contributed by atoms with van der Waals surface area (Å²) in [5, 5.41) is 12.5. The Hall–Kier alpha value is -1.58. The van der Waals surface area contributed by atoms with Gasteiger partial charge in [0.1, 0.15) is 5.82 Å². The van der Waals surface area contributed by atoms with Gasteiger partial charge in [-0.05, 0) is 68.6 Å². The van der Waals surface area contributed by atoms with Gasteiger partial charge in [0.2, 0.25) is 0 Å². The molecule has 2 N–H and O–H groups in total. The molecule has 0 aliphatic heterocycles. The number of carboxylic acid groups (broad SMARTS) is 1. The van der Waals surface area contributed by atoms with Gasteiger partial charge in [-0.3, -0.25) is 4.79 Å². The van der Waals surface area contributed by atoms with Crippen molar-refractivity contribution in [3.05, 3.63) is 23.4 Å². The lowest BCUT2D eigenvalue weighted by molar-refractivity contribution is -0.142. The first-order valence-corrected chi connectivity index (χ1v) is 7.69. The minimum atomic E-state index is -0.643. The van der Waals surface area contributed by atoms with E-state index in [9.17, 15) is 4.79 Å². The first kappa shape index (κ1) is 13.4. The van der Waals surface area contributed by atoms with Gasteiger partial charge in [-0.15, -0.1) is 0 Å². The van der Waals surface area contributed by atoms with E-state index in [2.05, 4.69) is 16.4 Å². The molecule has 0 atom stereocenters. The number of aromatic nitrogens is 1. The Labute approximate surface area is 119 Å². The Morgan fingerprint density at radius 2 is 1.85 bits per heavy atom. The van der Waals surface area contributed by atoms with Crippen molar-refractivity contribution >= 4 is 11.8 Å². The van der Waals surface area contributed by atoms with Crippen molar-refractivity contribution in [2.75, 3.05) is 5.32 Å². The predicted octanol–water partition coefficient (Wildman–Crippen LogP) is 3.02. The largest absolute Gasteiger partial charge is 0.481 e. The van der Waals surface area contributed by atoms with Crippen LogP contribution in [-0.4, -0.2) is 22.1 Å². The Morgan fingerprint density at radius 1 is 1.15 bits per heavy atom. The molecule has 1 aromatic heterocycles. The molecule has 20 heavy (non-hydrogen) atoms. The highest BCUT2D eigenvalue weighted by molar-refractivity contribution is 5.70. The highest BCUT2D eigenvalue weighted by atomic mass is 16.4. The van der Waals surface area contributed by atoms with Crippen molar-refractivity contribution in [2.45, 2.75) is 57.4 Å². The molecular formula is C16H22N2O2. The Morgan fingerprint density at radius 3 is 2.55 bits per heavy atom. The number of fused-ring (bicyclic) bond motifs is 1. The topological polar surface area (TPSA) is 62.2 Å². The van der Waals surface area contributed by atoms with Gasteiger partial charge in [-0.25, -0.2) is 4.98 Å². The summed E-state index contributed by atoms with van der Waals surface area (Å²) in [4.78, 5) is 15.5. The van der Waals surface area contributed by atoms with Gasteiger partial charge in [0.25, 0.3) is 0 Å². The summed E-state index contributed by atoms with van der Waals surface area (Å²) >= 11 is 0. The summed E-state index contributed by atoms with van der Waals surface area (Å²) in [6, 6.07) is 2.57. The predicted molar refractivity (Wildman–Crippen MR) is 77.9 cm³/mol. The fourth-order valence-electron chi connectivity index (χ4n) is 3.39. The number of hydrogen-bond acceptors (Lipinski definition) is 3. The summed E-state index contributed by atoms with van der Waals surface area (Å²) in [5.41, 5.74) is 2.84. The average molecular weight is 274 g/mol. The van der Waals surface area contributed by atoms with Gasteiger partial charge in [-0.2, -0.15) is 0 Å². The molecule has 1 saturated carbocycles. The number of nitrogens with one attached hydrogen (secondary N) is 1. The third kappa shape index (κ3) is 2.94. The smallest absolute Gasteiger partial charge is 0.306 e. The first-order chi connectivity index (χ1) is 9.72. The normalized spacial score (nSPS) is 25.8. The summed E-state index contributed by atoms with van der Waals surface area (Å²) in [6.45, 7) is 0. The maximum atomic E-state index is 10.9. The van der Waals surface area contributed by atoms with E-state index in [4.69, 9.17) is 5.11 Å². The Kier molecular flexibility index (Phi) is 3.90. The molecule has 0 bridgehead atoms. The van der Waals surface area contributed by atoms with Crippen molar-refractivity contribution in [2.24, 2.45) is 5.92 Å². The molecule has 2 aliphatic carbocycles. The van der Waals surface area contributed by atoms with Crippen LogP contribution in [0.5, 0.6) is 0 Å². The lowest BCUT2D eigenvalue weighted by Crippen LogP contribution is -2.29. The van der Waals surface area contributed by atoms with Crippen LogP contribution in [0.3, 0.4) is 0 Å². The van der Waals surface area contributed by atoms with Crippen LogP contribution < -0.4 is 5.32 Å². The summed E-state index contributed by atoms with van der Waals surface area (Å²) in [7, 11) is 0. The fraction of sp³-hybridized carbons (Fsp3) is 0.625. The molecule has 0 spiro atoms. The molecule has 0 amide bonds. The number of anilines is 1.